The molecule has 1 heterocycles. The predicted molar refractivity (Wildman–Crippen MR) is 78.6 cm³/mol. The van der Waals surface area contributed by atoms with Crippen molar-refractivity contribution in [3.8, 4) is 0 Å². The van der Waals surface area contributed by atoms with Crippen LogP contribution in [0.4, 0.5) is 0 Å². The van der Waals surface area contributed by atoms with E-state index in [1.54, 1.807) is 0 Å². The molecule has 1 amide bonds. The minimum absolute atomic E-state index is 0.0385. The maximum absolute atomic E-state index is 12.7. The van der Waals surface area contributed by atoms with E-state index in [9.17, 15) is 14.7 Å². The Kier molecular flexibility index (Phi) is 3.95. The van der Waals surface area contributed by atoms with Crippen LogP contribution in [0.3, 0.4) is 0 Å². The van der Waals surface area contributed by atoms with Gasteiger partial charge in [-0.1, -0.05) is 37.1 Å². The third-order valence-corrected chi connectivity index (χ3v) is 4.84. The van der Waals surface area contributed by atoms with Gasteiger partial charge in [0.2, 0.25) is 5.91 Å². The van der Waals surface area contributed by atoms with Crippen LogP contribution >= 0.6 is 0 Å². The zero-order valence-electron chi connectivity index (χ0n) is 12.1. The number of hydrogen-bond acceptors (Lipinski definition) is 2. The number of carbonyl (C=O) groups is 2. The molecule has 0 bridgehead atoms. The Balaban J connectivity index is 1.75. The Morgan fingerprint density at radius 1 is 1.05 bits per heavy atom. The highest BCUT2D eigenvalue weighted by Gasteiger charge is 2.38. The Bertz CT molecular complexity index is 555. The molecule has 1 aliphatic carbocycles. The summed E-state index contributed by atoms with van der Waals surface area (Å²) in [7, 11) is 0. The summed E-state index contributed by atoms with van der Waals surface area (Å²) in [5.74, 6) is -1.60. The minimum atomic E-state index is -0.814. The number of aliphatic carboxylic acids is 1. The normalized spacial score (nSPS) is 25.2. The SMILES string of the molecule is O=C(O)[C@H]1CCCC[C@H]1C(=O)N1CCc2ccccc2C1. The molecule has 1 fully saturated rings. The van der Waals surface area contributed by atoms with Gasteiger partial charge in [0, 0.05) is 13.1 Å². The molecule has 0 saturated heterocycles. The molecule has 0 spiro atoms. The number of fused-ring (bicyclic) bond motifs is 1. The molecular weight excluding hydrogens is 266 g/mol. The average Bonchev–Trinajstić information content (AvgIpc) is 2.53. The number of carboxylic acid groups (broad SMARTS) is 1. The topological polar surface area (TPSA) is 57.6 Å². The molecule has 21 heavy (non-hydrogen) atoms. The van der Waals surface area contributed by atoms with Crippen molar-refractivity contribution in [2.24, 2.45) is 11.8 Å². The average molecular weight is 287 g/mol. The van der Waals surface area contributed by atoms with Crippen LogP contribution in [0.15, 0.2) is 24.3 Å². The highest BCUT2D eigenvalue weighted by Crippen LogP contribution is 2.33. The summed E-state index contributed by atoms with van der Waals surface area (Å²) in [6, 6.07) is 8.19. The third-order valence-electron chi connectivity index (χ3n) is 4.84. The molecule has 0 aromatic heterocycles. The zero-order valence-corrected chi connectivity index (χ0v) is 12.1. The van der Waals surface area contributed by atoms with Crippen LogP contribution in [0.1, 0.15) is 36.8 Å². The Morgan fingerprint density at radius 2 is 1.71 bits per heavy atom. The van der Waals surface area contributed by atoms with Crippen molar-refractivity contribution in [3.63, 3.8) is 0 Å². The molecule has 2 atom stereocenters. The van der Waals surface area contributed by atoms with E-state index in [-0.39, 0.29) is 11.8 Å². The van der Waals surface area contributed by atoms with Crippen LogP contribution in [0, 0.1) is 11.8 Å². The Hall–Kier alpha value is -1.84. The first kappa shape index (κ1) is 14.1. The molecule has 2 aliphatic rings. The van der Waals surface area contributed by atoms with E-state index < -0.39 is 11.9 Å². The lowest BCUT2D eigenvalue weighted by Crippen LogP contribution is -2.44. The standard InChI is InChI=1S/C17H21NO3/c19-16(14-7-3-4-8-15(14)17(20)21)18-10-9-12-5-1-2-6-13(12)11-18/h1-2,5-6,14-15H,3-4,7-11H2,(H,20,21)/t14-,15+/m1/s1. The van der Waals surface area contributed by atoms with Crippen LogP contribution in [0.2, 0.25) is 0 Å². The second kappa shape index (κ2) is 5.88. The lowest BCUT2D eigenvalue weighted by Gasteiger charge is -2.35. The van der Waals surface area contributed by atoms with E-state index in [1.807, 2.05) is 17.0 Å². The fourth-order valence-corrected chi connectivity index (χ4v) is 3.64. The second-order valence-electron chi connectivity index (χ2n) is 6.11. The third kappa shape index (κ3) is 2.80. The van der Waals surface area contributed by atoms with Gasteiger partial charge in [-0.3, -0.25) is 9.59 Å². The summed E-state index contributed by atoms with van der Waals surface area (Å²) in [5.41, 5.74) is 2.50. The summed E-state index contributed by atoms with van der Waals surface area (Å²) in [4.78, 5) is 26.0. The zero-order chi connectivity index (χ0) is 14.8. The number of hydrogen-bond donors (Lipinski definition) is 1. The summed E-state index contributed by atoms with van der Waals surface area (Å²) in [6.45, 7) is 1.33. The number of rotatable bonds is 2. The van der Waals surface area contributed by atoms with Crippen molar-refractivity contribution in [1.29, 1.82) is 0 Å². The molecule has 1 aromatic carbocycles. The van der Waals surface area contributed by atoms with E-state index in [2.05, 4.69) is 12.1 Å². The second-order valence-corrected chi connectivity index (χ2v) is 6.11. The lowest BCUT2D eigenvalue weighted by molar-refractivity contribution is -0.152. The first-order chi connectivity index (χ1) is 10.2. The van der Waals surface area contributed by atoms with Crippen molar-refractivity contribution < 1.29 is 14.7 Å². The molecule has 0 radical (unpaired) electrons. The molecule has 112 valence electrons. The van der Waals surface area contributed by atoms with E-state index in [0.717, 1.165) is 19.3 Å². The number of amides is 1. The quantitative estimate of drug-likeness (QED) is 0.909. The summed E-state index contributed by atoms with van der Waals surface area (Å²) in [5, 5.41) is 9.34. The van der Waals surface area contributed by atoms with Gasteiger partial charge in [0.15, 0.2) is 0 Å². The minimum Gasteiger partial charge on any atom is -0.481 e. The van der Waals surface area contributed by atoms with Gasteiger partial charge in [-0.05, 0) is 30.4 Å². The largest absolute Gasteiger partial charge is 0.481 e. The van der Waals surface area contributed by atoms with Crippen LogP contribution in [-0.4, -0.2) is 28.4 Å². The van der Waals surface area contributed by atoms with Gasteiger partial charge < -0.3 is 10.0 Å². The molecule has 1 aliphatic heterocycles. The van der Waals surface area contributed by atoms with Crippen LogP contribution in [-0.2, 0) is 22.6 Å². The van der Waals surface area contributed by atoms with Gasteiger partial charge in [0.1, 0.15) is 0 Å². The molecule has 0 unspecified atom stereocenters. The highest BCUT2D eigenvalue weighted by molar-refractivity contribution is 5.85. The van der Waals surface area contributed by atoms with Gasteiger partial charge in [-0.15, -0.1) is 0 Å². The molecular formula is C17H21NO3. The molecule has 1 N–H and O–H groups in total. The Labute approximate surface area is 124 Å². The molecule has 1 saturated carbocycles. The summed E-state index contributed by atoms with van der Waals surface area (Å²) in [6.07, 6.45) is 4.10. The van der Waals surface area contributed by atoms with Gasteiger partial charge in [-0.25, -0.2) is 0 Å². The van der Waals surface area contributed by atoms with Crippen LogP contribution in [0.5, 0.6) is 0 Å². The Morgan fingerprint density at radius 3 is 2.43 bits per heavy atom. The van der Waals surface area contributed by atoms with Crippen molar-refractivity contribution in [2.45, 2.75) is 38.6 Å². The van der Waals surface area contributed by atoms with E-state index in [0.29, 0.717) is 25.9 Å². The molecule has 3 rings (SSSR count). The van der Waals surface area contributed by atoms with Crippen molar-refractivity contribution in [3.05, 3.63) is 35.4 Å². The van der Waals surface area contributed by atoms with E-state index >= 15 is 0 Å². The van der Waals surface area contributed by atoms with Crippen LogP contribution in [0.25, 0.3) is 0 Å². The number of benzene rings is 1. The number of nitrogens with zero attached hydrogens (tertiary/aromatic N) is 1. The number of carbonyl (C=O) groups excluding carboxylic acids is 1. The summed E-state index contributed by atoms with van der Waals surface area (Å²) < 4.78 is 0. The highest BCUT2D eigenvalue weighted by atomic mass is 16.4. The lowest BCUT2D eigenvalue weighted by atomic mass is 9.78. The van der Waals surface area contributed by atoms with Crippen molar-refractivity contribution in [2.75, 3.05) is 6.54 Å². The summed E-state index contributed by atoms with van der Waals surface area (Å²) >= 11 is 0. The predicted octanol–water partition coefficient (Wildman–Crippen LogP) is 2.46. The van der Waals surface area contributed by atoms with Gasteiger partial charge in [0.25, 0.3) is 0 Å². The first-order valence-electron chi connectivity index (χ1n) is 7.75. The fraction of sp³-hybridized carbons (Fsp3) is 0.529. The van der Waals surface area contributed by atoms with Crippen molar-refractivity contribution >= 4 is 11.9 Å². The van der Waals surface area contributed by atoms with E-state index in [4.69, 9.17) is 0 Å². The van der Waals surface area contributed by atoms with Gasteiger partial charge >= 0.3 is 5.97 Å². The number of carboxylic acids is 1. The smallest absolute Gasteiger partial charge is 0.307 e. The van der Waals surface area contributed by atoms with E-state index in [1.165, 1.54) is 11.1 Å². The maximum atomic E-state index is 12.7. The first-order valence-corrected chi connectivity index (χ1v) is 7.75. The van der Waals surface area contributed by atoms with Crippen molar-refractivity contribution in [1.82, 2.24) is 4.90 Å². The monoisotopic (exact) mass is 287 g/mol. The molecule has 4 nitrogen and oxygen atoms in total. The maximum Gasteiger partial charge on any atom is 0.307 e. The fourth-order valence-electron chi connectivity index (χ4n) is 3.64. The van der Waals surface area contributed by atoms with Gasteiger partial charge in [0.05, 0.1) is 11.8 Å². The molecule has 1 aromatic rings. The molecule has 4 heteroatoms. The van der Waals surface area contributed by atoms with Crippen LogP contribution < -0.4 is 0 Å². The van der Waals surface area contributed by atoms with Gasteiger partial charge in [-0.2, -0.15) is 0 Å².